The molecule has 0 amide bonds. The monoisotopic (exact) mass is 278 g/mol. The average Bonchev–Trinajstić information content (AvgIpc) is 2.46. The fourth-order valence-electron chi connectivity index (χ4n) is 2.11. The standard InChI is InChI=1S/C17H30N2O/c1-5-12-18-17(11-13-19(3)4)15-7-9-16(10-8-15)20-14-6-2/h7-10,17-18H,5-6,11-14H2,1-4H3. The zero-order valence-electron chi connectivity index (χ0n) is 13.5. The third-order valence-electron chi connectivity index (χ3n) is 3.26. The Bertz CT molecular complexity index is 349. The number of hydrogen-bond donors (Lipinski definition) is 1. The van der Waals surface area contributed by atoms with Crippen LogP contribution in [-0.2, 0) is 0 Å². The highest BCUT2D eigenvalue weighted by molar-refractivity contribution is 5.29. The Morgan fingerprint density at radius 3 is 2.35 bits per heavy atom. The summed E-state index contributed by atoms with van der Waals surface area (Å²) in [5.41, 5.74) is 1.35. The minimum absolute atomic E-state index is 0.428. The Morgan fingerprint density at radius 1 is 1.10 bits per heavy atom. The van der Waals surface area contributed by atoms with Crippen LogP contribution in [0.2, 0.25) is 0 Å². The fraction of sp³-hybridized carbons (Fsp3) is 0.647. The highest BCUT2D eigenvalue weighted by atomic mass is 16.5. The van der Waals surface area contributed by atoms with Crippen molar-refractivity contribution in [2.24, 2.45) is 0 Å². The van der Waals surface area contributed by atoms with Gasteiger partial charge in [0.1, 0.15) is 5.75 Å². The molecule has 1 N–H and O–H groups in total. The molecule has 0 fully saturated rings. The molecule has 3 heteroatoms. The van der Waals surface area contributed by atoms with Crippen molar-refractivity contribution >= 4 is 0 Å². The van der Waals surface area contributed by atoms with Gasteiger partial charge in [-0.25, -0.2) is 0 Å². The van der Waals surface area contributed by atoms with Gasteiger partial charge in [0.25, 0.3) is 0 Å². The van der Waals surface area contributed by atoms with Crippen LogP contribution in [0.4, 0.5) is 0 Å². The molecule has 0 aliphatic heterocycles. The molecule has 0 heterocycles. The molecule has 1 aromatic carbocycles. The van der Waals surface area contributed by atoms with E-state index in [0.717, 1.165) is 44.7 Å². The summed E-state index contributed by atoms with van der Waals surface area (Å²) in [6.45, 7) is 7.27. The smallest absolute Gasteiger partial charge is 0.119 e. The van der Waals surface area contributed by atoms with E-state index in [4.69, 9.17) is 4.74 Å². The normalized spacial score (nSPS) is 12.7. The second kappa shape index (κ2) is 9.78. The Hall–Kier alpha value is -1.06. The van der Waals surface area contributed by atoms with Gasteiger partial charge >= 0.3 is 0 Å². The summed E-state index contributed by atoms with van der Waals surface area (Å²) in [5.74, 6) is 0.970. The topological polar surface area (TPSA) is 24.5 Å². The van der Waals surface area contributed by atoms with Crippen LogP contribution < -0.4 is 10.1 Å². The van der Waals surface area contributed by atoms with Gasteiger partial charge in [-0.05, 0) is 64.1 Å². The maximum Gasteiger partial charge on any atom is 0.119 e. The third-order valence-corrected chi connectivity index (χ3v) is 3.26. The Balaban J connectivity index is 2.63. The van der Waals surface area contributed by atoms with Crippen LogP contribution in [0.1, 0.15) is 44.7 Å². The molecule has 1 rings (SSSR count). The van der Waals surface area contributed by atoms with E-state index in [0.29, 0.717) is 6.04 Å². The van der Waals surface area contributed by atoms with Crippen LogP contribution in [0.25, 0.3) is 0 Å². The van der Waals surface area contributed by atoms with Crippen LogP contribution in [0.3, 0.4) is 0 Å². The van der Waals surface area contributed by atoms with Crippen LogP contribution >= 0.6 is 0 Å². The van der Waals surface area contributed by atoms with Crippen LogP contribution in [0.15, 0.2) is 24.3 Å². The van der Waals surface area contributed by atoms with Crippen molar-refractivity contribution in [2.75, 3.05) is 33.8 Å². The largest absolute Gasteiger partial charge is 0.494 e. The minimum atomic E-state index is 0.428. The van der Waals surface area contributed by atoms with E-state index >= 15 is 0 Å². The van der Waals surface area contributed by atoms with E-state index < -0.39 is 0 Å². The average molecular weight is 278 g/mol. The summed E-state index contributed by atoms with van der Waals surface area (Å²) in [4.78, 5) is 2.24. The third kappa shape index (κ3) is 6.40. The molecule has 3 nitrogen and oxygen atoms in total. The molecule has 1 unspecified atom stereocenters. The van der Waals surface area contributed by atoms with E-state index in [1.165, 1.54) is 5.56 Å². The van der Waals surface area contributed by atoms with Gasteiger partial charge in [-0.1, -0.05) is 26.0 Å². The summed E-state index contributed by atoms with van der Waals surface area (Å²) in [6, 6.07) is 8.97. The van der Waals surface area contributed by atoms with Crippen molar-refractivity contribution in [3.63, 3.8) is 0 Å². The van der Waals surface area contributed by atoms with Crippen molar-refractivity contribution in [3.8, 4) is 5.75 Å². The molecule has 0 radical (unpaired) electrons. The van der Waals surface area contributed by atoms with Gasteiger partial charge in [-0.3, -0.25) is 0 Å². The van der Waals surface area contributed by atoms with Crippen LogP contribution in [0.5, 0.6) is 5.75 Å². The van der Waals surface area contributed by atoms with Gasteiger partial charge in [0.15, 0.2) is 0 Å². The predicted octanol–water partition coefficient (Wildman–Crippen LogP) is 3.47. The summed E-state index contributed by atoms with van der Waals surface area (Å²) < 4.78 is 5.64. The van der Waals surface area contributed by atoms with Gasteiger partial charge in [0, 0.05) is 6.04 Å². The molecule has 0 aliphatic rings. The molecular formula is C17H30N2O. The van der Waals surface area contributed by atoms with Crippen molar-refractivity contribution in [3.05, 3.63) is 29.8 Å². The number of ether oxygens (including phenoxy) is 1. The Morgan fingerprint density at radius 2 is 1.80 bits per heavy atom. The second-order valence-corrected chi connectivity index (χ2v) is 5.52. The van der Waals surface area contributed by atoms with Crippen molar-refractivity contribution in [1.29, 1.82) is 0 Å². The first-order valence-corrected chi connectivity index (χ1v) is 7.78. The number of nitrogens with one attached hydrogen (secondary N) is 1. The molecule has 0 aliphatic carbocycles. The van der Waals surface area contributed by atoms with E-state index in [1.807, 2.05) is 0 Å². The molecule has 0 bridgehead atoms. The number of nitrogens with zero attached hydrogens (tertiary/aromatic N) is 1. The zero-order chi connectivity index (χ0) is 14.8. The van der Waals surface area contributed by atoms with Gasteiger partial charge in [-0.2, -0.15) is 0 Å². The predicted molar refractivity (Wildman–Crippen MR) is 86.4 cm³/mol. The molecule has 20 heavy (non-hydrogen) atoms. The first-order valence-electron chi connectivity index (χ1n) is 7.78. The molecule has 0 spiro atoms. The van der Waals surface area contributed by atoms with Crippen LogP contribution in [0, 0.1) is 0 Å². The Labute approximate surface area is 124 Å². The maximum absolute atomic E-state index is 5.64. The Kier molecular flexibility index (Phi) is 8.31. The lowest BCUT2D eigenvalue weighted by Crippen LogP contribution is -2.26. The lowest BCUT2D eigenvalue weighted by Gasteiger charge is -2.21. The number of benzene rings is 1. The van der Waals surface area contributed by atoms with Gasteiger partial charge in [-0.15, -0.1) is 0 Å². The van der Waals surface area contributed by atoms with Crippen molar-refractivity contribution < 1.29 is 4.74 Å². The van der Waals surface area contributed by atoms with Crippen molar-refractivity contribution in [1.82, 2.24) is 10.2 Å². The van der Waals surface area contributed by atoms with Crippen LogP contribution in [-0.4, -0.2) is 38.7 Å². The number of rotatable bonds is 10. The highest BCUT2D eigenvalue weighted by Gasteiger charge is 2.11. The van der Waals surface area contributed by atoms with E-state index in [9.17, 15) is 0 Å². The fourth-order valence-corrected chi connectivity index (χ4v) is 2.11. The summed E-state index contributed by atoms with van der Waals surface area (Å²) in [6.07, 6.45) is 3.34. The zero-order valence-corrected chi connectivity index (χ0v) is 13.5. The molecule has 0 saturated heterocycles. The maximum atomic E-state index is 5.64. The van der Waals surface area contributed by atoms with Crippen molar-refractivity contribution in [2.45, 2.75) is 39.2 Å². The SMILES string of the molecule is CCCNC(CCN(C)C)c1ccc(OCCC)cc1. The van der Waals surface area contributed by atoms with E-state index in [-0.39, 0.29) is 0 Å². The second-order valence-electron chi connectivity index (χ2n) is 5.52. The summed E-state index contributed by atoms with van der Waals surface area (Å²) >= 11 is 0. The van der Waals surface area contributed by atoms with E-state index in [2.05, 4.69) is 62.4 Å². The summed E-state index contributed by atoms with van der Waals surface area (Å²) in [5, 5.41) is 3.64. The molecular weight excluding hydrogens is 248 g/mol. The molecule has 1 aromatic rings. The lowest BCUT2D eigenvalue weighted by atomic mass is 10.0. The molecule has 0 aromatic heterocycles. The summed E-state index contributed by atoms with van der Waals surface area (Å²) in [7, 11) is 4.25. The first-order chi connectivity index (χ1) is 9.67. The molecule has 1 atom stereocenters. The first kappa shape index (κ1) is 17.0. The quantitative estimate of drug-likeness (QED) is 0.709. The van der Waals surface area contributed by atoms with Gasteiger partial charge in [0.2, 0.25) is 0 Å². The minimum Gasteiger partial charge on any atom is -0.494 e. The van der Waals surface area contributed by atoms with Gasteiger partial charge < -0.3 is 15.0 Å². The lowest BCUT2D eigenvalue weighted by molar-refractivity contribution is 0.317. The molecule has 0 saturated carbocycles. The highest BCUT2D eigenvalue weighted by Crippen LogP contribution is 2.20. The van der Waals surface area contributed by atoms with E-state index in [1.54, 1.807) is 0 Å². The van der Waals surface area contributed by atoms with Gasteiger partial charge in [0.05, 0.1) is 6.61 Å². The molecule has 114 valence electrons. The number of hydrogen-bond acceptors (Lipinski definition) is 3.